The van der Waals surface area contributed by atoms with Gasteiger partial charge in [0.1, 0.15) is 5.75 Å². The standard InChI is InChI=1S/C20H21NO3S/c1-20(2)12-9-11(19(22)23)7-8-14(12)21-18-13(20)10-25-16-6-4-5-15(24-3)17(16)18/h4-9,13,18,21H,10H2,1-3H3,(H,22,23)/t13-,18-/m0/s1. The Balaban J connectivity index is 1.87. The average Bonchev–Trinajstić information content (AvgIpc) is 2.60. The SMILES string of the molecule is COc1cccc2c1[C@H]1Nc3ccc(C(=O)O)cc3C(C)(C)[C@H]1CS2. The molecule has 0 fully saturated rings. The van der Waals surface area contributed by atoms with E-state index in [-0.39, 0.29) is 11.5 Å². The zero-order chi connectivity index (χ0) is 17.8. The molecule has 2 aliphatic rings. The van der Waals surface area contributed by atoms with Crippen LogP contribution in [0.4, 0.5) is 5.69 Å². The Bertz CT molecular complexity index is 848. The summed E-state index contributed by atoms with van der Waals surface area (Å²) in [5, 5.41) is 13.0. The van der Waals surface area contributed by atoms with Crippen molar-refractivity contribution in [1.82, 2.24) is 0 Å². The van der Waals surface area contributed by atoms with E-state index in [1.807, 2.05) is 36.0 Å². The third-order valence-electron chi connectivity index (χ3n) is 5.58. The number of carboxylic acids is 1. The van der Waals surface area contributed by atoms with Crippen molar-refractivity contribution in [2.75, 3.05) is 18.2 Å². The molecule has 0 saturated carbocycles. The van der Waals surface area contributed by atoms with E-state index in [9.17, 15) is 9.90 Å². The maximum Gasteiger partial charge on any atom is 0.335 e. The van der Waals surface area contributed by atoms with E-state index in [4.69, 9.17) is 4.74 Å². The highest BCUT2D eigenvalue weighted by Crippen LogP contribution is 2.55. The number of anilines is 1. The van der Waals surface area contributed by atoms with Crippen LogP contribution in [-0.2, 0) is 5.41 Å². The van der Waals surface area contributed by atoms with Gasteiger partial charge in [-0.05, 0) is 41.3 Å². The van der Waals surface area contributed by atoms with Gasteiger partial charge in [0, 0.05) is 27.8 Å². The van der Waals surface area contributed by atoms with Crippen molar-refractivity contribution in [2.24, 2.45) is 5.92 Å². The molecule has 0 spiro atoms. The van der Waals surface area contributed by atoms with Crippen LogP contribution in [-0.4, -0.2) is 23.9 Å². The summed E-state index contributed by atoms with van der Waals surface area (Å²) < 4.78 is 5.64. The summed E-state index contributed by atoms with van der Waals surface area (Å²) in [5.41, 5.74) is 3.51. The molecule has 0 aromatic heterocycles. The monoisotopic (exact) mass is 355 g/mol. The first-order chi connectivity index (χ1) is 11.9. The highest BCUT2D eigenvalue weighted by Gasteiger charge is 2.46. The molecule has 0 bridgehead atoms. The van der Waals surface area contributed by atoms with Crippen LogP contribution in [0.1, 0.15) is 41.4 Å². The number of methoxy groups -OCH3 is 1. The first kappa shape index (κ1) is 16.3. The fourth-order valence-corrected chi connectivity index (χ4v) is 5.64. The number of rotatable bonds is 2. The van der Waals surface area contributed by atoms with Crippen LogP contribution in [0.25, 0.3) is 0 Å². The lowest BCUT2D eigenvalue weighted by atomic mass is 9.66. The molecule has 0 saturated heterocycles. The molecule has 0 unspecified atom stereocenters. The first-order valence-corrected chi connectivity index (χ1v) is 9.36. The fourth-order valence-electron chi connectivity index (χ4n) is 4.11. The van der Waals surface area contributed by atoms with Crippen LogP contribution in [0.5, 0.6) is 5.75 Å². The van der Waals surface area contributed by atoms with Gasteiger partial charge in [0.25, 0.3) is 0 Å². The minimum Gasteiger partial charge on any atom is -0.496 e. The number of aromatic carboxylic acids is 1. The van der Waals surface area contributed by atoms with E-state index >= 15 is 0 Å². The Kier molecular flexibility index (Phi) is 3.72. The zero-order valence-corrected chi connectivity index (χ0v) is 15.3. The largest absolute Gasteiger partial charge is 0.496 e. The predicted octanol–water partition coefficient (Wildman–Crippen LogP) is 4.56. The number of carbonyl (C=O) groups is 1. The molecule has 4 nitrogen and oxygen atoms in total. The second-order valence-corrected chi connectivity index (χ2v) is 8.26. The number of hydrogen-bond acceptors (Lipinski definition) is 4. The lowest BCUT2D eigenvalue weighted by Crippen LogP contribution is -2.44. The molecule has 2 aromatic carbocycles. The number of nitrogens with one attached hydrogen (secondary N) is 1. The second-order valence-electron chi connectivity index (χ2n) is 7.20. The van der Waals surface area contributed by atoms with Gasteiger partial charge in [-0.3, -0.25) is 0 Å². The molecular formula is C20H21NO3S. The number of fused-ring (bicyclic) bond motifs is 4. The molecule has 2 heterocycles. The van der Waals surface area contributed by atoms with Gasteiger partial charge in [0.05, 0.1) is 18.7 Å². The molecule has 2 aliphatic heterocycles. The zero-order valence-electron chi connectivity index (χ0n) is 14.5. The van der Waals surface area contributed by atoms with Crippen LogP contribution in [0.3, 0.4) is 0 Å². The van der Waals surface area contributed by atoms with Gasteiger partial charge in [0.2, 0.25) is 0 Å². The van der Waals surface area contributed by atoms with Gasteiger partial charge >= 0.3 is 5.97 Å². The molecule has 2 aromatic rings. The molecule has 0 amide bonds. The third-order valence-corrected chi connectivity index (χ3v) is 6.77. The van der Waals surface area contributed by atoms with E-state index in [1.165, 1.54) is 10.5 Å². The molecule has 130 valence electrons. The van der Waals surface area contributed by atoms with Crippen molar-refractivity contribution in [3.63, 3.8) is 0 Å². The van der Waals surface area contributed by atoms with Crippen molar-refractivity contribution in [1.29, 1.82) is 0 Å². The van der Waals surface area contributed by atoms with Crippen LogP contribution < -0.4 is 10.1 Å². The molecule has 25 heavy (non-hydrogen) atoms. The summed E-state index contributed by atoms with van der Waals surface area (Å²) in [6.07, 6.45) is 0. The van der Waals surface area contributed by atoms with Crippen LogP contribution >= 0.6 is 11.8 Å². The lowest BCUT2D eigenvalue weighted by molar-refractivity contribution is 0.0696. The topological polar surface area (TPSA) is 58.6 Å². The molecular weight excluding hydrogens is 334 g/mol. The average molecular weight is 355 g/mol. The maximum atomic E-state index is 11.4. The predicted molar refractivity (Wildman–Crippen MR) is 100.0 cm³/mol. The molecule has 2 atom stereocenters. The van der Waals surface area contributed by atoms with Crippen molar-refractivity contribution in [3.8, 4) is 5.75 Å². The number of carboxylic acid groups (broad SMARTS) is 1. The van der Waals surface area contributed by atoms with E-state index in [1.54, 1.807) is 13.2 Å². The minimum atomic E-state index is -0.884. The van der Waals surface area contributed by atoms with E-state index in [2.05, 4.69) is 25.2 Å². The summed E-state index contributed by atoms with van der Waals surface area (Å²) in [6.45, 7) is 4.44. The molecule has 2 N–H and O–H groups in total. The van der Waals surface area contributed by atoms with Gasteiger partial charge in [-0.1, -0.05) is 19.9 Å². The first-order valence-electron chi connectivity index (χ1n) is 8.37. The van der Waals surface area contributed by atoms with E-state index in [0.717, 1.165) is 22.8 Å². The molecule has 5 heteroatoms. The van der Waals surface area contributed by atoms with Gasteiger partial charge in [0.15, 0.2) is 0 Å². The summed E-state index contributed by atoms with van der Waals surface area (Å²) in [5.74, 6) is 1.36. The Morgan fingerprint density at radius 2 is 2.12 bits per heavy atom. The van der Waals surface area contributed by atoms with Gasteiger partial charge < -0.3 is 15.2 Å². The normalized spacial score (nSPS) is 22.8. The number of hydrogen-bond donors (Lipinski definition) is 2. The summed E-state index contributed by atoms with van der Waals surface area (Å²) in [7, 11) is 1.71. The van der Waals surface area contributed by atoms with Crippen molar-refractivity contribution in [3.05, 3.63) is 53.1 Å². The van der Waals surface area contributed by atoms with E-state index in [0.29, 0.717) is 11.5 Å². The highest BCUT2D eigenvalue weighted by molar-refractivity contribution is 7.99. The van der Waals surface area contributed by atoms with Crippen molar-refractivity contribution < 1.29 is 14.6 Å². The third kappa shape index (κ3) is 2.41. The Morgan fingerprint density at radius 1 is 1.32 bits per heavy atom. The number of ether oxygens (including phenoxy) is 1. The molecule has 0 aliphatic carbocycles. The van der Waals surface area contributed by atoms with Crippen LogP contribution in [0, 0.1) is 5.92 Å². The Morgan fingerprint density at radius 3 is 2.84 bits per heavy atom. The smallest absolute Gasteiger partial charge is 0.335 e. The van der Waals surface area contributed by atoms with Gasteiger partial charge in [-0.25, -0.2) is 4.79 Å². The Labute approximate surface area is 151 Å². The van der Waals surface area contributed by atoms with Crippen LogP contribution in [0.15, 0.2) is 41.3 Å². The fraction of sp³-hybridized carbons (Fsp3) is 0.350. The van der Waals surface area contributed by atoms with Crippen LogP contribution in [0.2, 0.25) is 0 Å². The van der Waals surface area contributed by atoms with Gasteiger partial charge in [-0.2, -0.15) is 0 Å². The number of thioether (sulfide) groups is 1. The van der Waals surface area contributed by atoms with E-state index < -0.39 is 5.97 Å². The Hall–Kier alpha value is -2.14. The molecule has 4 rings (SSSR count). The summed E-state index contributed by atoms with van der Waals surface area (Å²) in [4.78, 5) is 12.6. The summed E-state index contributed by atoms with van der Waals surface area (Å²) >= 11 is 1.86. The van der Waals surface area contributed by atoms with Crippen molar-refractivity contribution in [2.45, 2.75) is 30.2 Å². The van der Waals surface area contributed by atoms with Crippen molar-refractivity contribution >= 4 is 23.4 Å². The number of benzene rings is 2. The second kappa shape index (κ2) is 5.70. The van der Waals surface area contributed by atoms with Gasteiger partial charge in [-0.15, -0.1) is 11.8 Å². The lowest BCUT2D eigenvalue weighted by Gasteiger charge is -2.49. The molecule has 0 radical (unpaired) electrons. The maximum absolute atomic E-state index is 11.4. The minimum absolute atomic E-state index is 0.137. The highest BCUT2D eigenvalue weighted by atomic mass is 32.2. The quantitative estimate of drug-likeness (QED) is 0.827. The summed E-state index contributed by atoms with van der Waals surface area (Å²) in [6, 6.07) is 11.7.